The summed E-state index contributed by atoms with van der Waals surface area (Å²) in [5.41, 5.74) is 0. The van der Waals surface area contributed by atoms with Crippen molar-refractivity contribution in [2.75, 3.05) is 7.05 Å². The number of hydrogen-bond donors (Lipinski definition) is 1. The standard InChI is InChI=1S/C13H18BrNS/c1-15-13(6-12-5-11(14)7-16-12)10-3-8-2-9(8)4-10/h5,7-10,13,15H,2-4,6H2,1H3. The van der Waals surface area contributed by atoms with E-state index >= 15 is 0 Å². The monoisotopic (exact) mass is 299 g/mol. The fraction of sp³-hybridized carbons (Fsp3) is 0.692. The summed E-state index contributed by atoms with van der Waals surface area (Å²) in [4.78, 5) is 1.51. The molecule has 0 bridgehead atoms. The van der Waals surface area contributed by atoms with Gasteiger partial charge in [-0.3, -0.25) is 0 Å². The first-order valence-electron chi connectivity index (χ1n) is 6.16. The number of halogens is 1. The second-order valence-corrected chi connectivity index (χ2v) is 7.23. The SMILES string of the molecule is CNC(Cc1cc(Br)cs1)C1CC2CC2C1. The van der Waals surface area contributed by atoms with Gasteiger partial charge in [-0.15, -0.1) is 11.3 Å². The molecule has 2 aliphatic carbocycles. The molecule has 3 rings (SSSR count). The lowest BCUT2D eigenvalue weighted by molar-refractivity contribution is 0.350. The lowest BCUT2D eigenvalue weighted by Crippen LogP contribution is -2.34. The van der Waals surface area contributed by atoms with Crippen LogP contribution < -0.4 is 5.32 Å². The fourth-order valence-corrected chi connectivity index (χ4v) is 4.78. The highest BCUT2D eigenvalue weighted by Gasteiger charge is 2.47. The molecule has 1 heterocycles. The molecule has 1 aromatic rings. The normalized spacial score (nSPS) is 33.8. The highest BCUT2D eigenvalue weighted by Crippen LogP contribution is 2.55. The summed E-state index contributed by atoms with van der Waals surface area (Å²) in [5.74, 6) is 3.11. The van der Waals surface area contributed by atoms with Crippen LogP contribution in [0.1, 0.15) is 24.1 Å². The Morgan fingerprint density at radius 1 is 1.44 bits per heavy atom. The molecule has 0 spiro atoms. The minimum absolute atomic E-state index is 0.693. The molecule has 2 aliphatic rings. The zero-order chi connectivity index (χ0) is 11.1. The van der Waals surface area contributed by atoms with Crippen LogP contribution in [0.4, 0.5) is 0 Å². The summed E-state index contributed by atoms with van der Waals surface area (Å²) >= 11 is 5.41. The van der Waals surface area contributed by atoms with Crippen molar-refractivity contribution in [1.29, 1.82) is 0 Å². The predicted molar refractivity (Wildman–Crippen MR) is 72.9 cm³/mol. The highest BCUT2D eigenvalue weighted by molar-refractivity contribution is 9.10. The Morgan fingerprint density at radius 2 is 2.19 bits per heavy atom. The second-order valence-electron chi connectivity index (χ2n) is 5.32. The van der Waals surface area contributed by atoms with Gasteiger partial charge in [-0.2, -0.15) is 0 Å². The lowest BCUT2D eigenvalue weighted by atomic mass is 9.92. The van der Waals surface area contributed by atoms with E-state index in [1.807, 2.05) is 11.3 Å². The van der Waals surface area contributed by atoms with Gasteiger partial charge in [0, 0.05) is 20.8 Å². The molecule has 1 N–H and O–H groups in total. The zero-order valence-corrected chi connectivity index (χ0v) is 12.0. The van der Waals surface area contributed by atoms with Crippen LogP contribution in [-0.2, 0) is 6.42 Å². The van der Waals surface area contributed by atoms with E-state index in [-0.39, 0.29) is 0 Å². The summed E-state index contributed by atoms with van der Waals surface area (Å²) in [5, 5.41) is 5.72. The number of rotatable bonds is 4. The average Bonchev–Trinajstić information content (AvgIpc) is 2.71. The fourth-order valence-electron chi connectivity index (χ4n) is 3.27. The van der Waals surface area contributed by atoms with Crippen molar-refractivity contribution in [3.05, 3.63) is 20.8 Å². The van der Waals surface area contributed by atoms with Crippen LogP contribution in [0.5, 0.6) is 0 Å². The molecule has 0 radical (unpaired) electrons. The molecule has 0 amide bonds. The Labute approximate surface area is 110 Å². The number of fused-ring (bicyclic) bond motifs is 1. The van der Waals surface area contributed by atoms with E-state index in [2.05, 4.69) is 39.7 Å². The third kappa shape index (κ3) is 2.22. The number of thiophene rings is 1. The van der Waals surface area contributed by atoms with Crippen molar-refractivity contribution in [1.82, 2.24) is 5.32 Å². The third-order valence-electron chi connectivity index (χ3n) is 4.26. The van der Waals surface area contributed by atoms with Crippen LogP contribution in [0.2, 0.25) is 0 Å². The zero-order valence-electron chi connectivity index (χ0n) is 9.58. The van der Waals surface area contributed by atoms with E-state index in [4.69, 9.17) is 0 Å². The van der Waals surface area contributed by atoms with Crippen molar-refractivity contribution in [2.45, 2.75) is 31.7 Å². The minimum atomic E-state index is 0.693. The average molecular weight is 300 g/mol. The van der Waals surface area contributed by atoms with Crippen LogP contribution >= 0.6 is 27.3 Å². The van der Waals surface area contributed by atoms with E-state index in [1.165, 1.54) is 35.0 Å². The topological polar surface area (TPSA) is 12.0 Å². The van der Waals surface area contributed by atoms with Gasteiger partial charge >= 0.3 is 0 Å². The quantitative estimate of drug-likeness (QED) is 0.894. The molecule has 2 fully saturated rings. The van der Waals surface area contributed by atoms with Gasteiger partial charge in [0.2, 0.25) is 0 Å². The van der Waals surface area contributed by atoms with Gasteiger partial charge in [0.1, 0.15) is 0 Å². The first kappa shape index (κ1) is 11.2. The lowest BCUT2D eigenvalue weighted by Gasteiger charge is -2.23. The smallest absolute Gasteiger partial charge is 0.0285 e. The van der Waals surface area contributed by atoms with Crippen molar-refractivity contribution < 1.29 is 0 Å². The summed E-state index contributed by atoms with van der Waals surface area (Å²) in [6.45, 7) is 0. The van der Waals surface area contributed by atoms with E-state index < -0.39 is 0 Å². The molecule has 0 saturated heterocycles. The van der Waals surface area contributed by atoms with Crippen LogP contribution in [0.15, 0.2) is 15.9 Å². The molecule has 0 aromatic carbocycles. The molecular weight excluding hydrogens is 282 g/mol. The molecule has 16 heavy (non-hydrogen) atoms. The number of nitrogens with one attached hydrogen (secondary N) is 1. The van der Waals surface area contributed by atoms with Crippen molar-refractivity contribution in [2.24, 2.45) is 17.8 Å². The second kappa shape index (κ2) is 4.43. The van der Waals surface area contributed by atoms with Gasteiger partial charge < -0.3 is 5.32 Å². The first-order chi connectivity index (χ1) is 7.76. The highest BCUT2D eigenvalue weighted by atomic mass is 79.9. The molecule has 3 unspecified atom stereocenters. The molecular formula is C13H18BrNS. The van der Waals surface area contributed by atoms with Gasteiger partial charge in [-0.25, -0.2) is 0 Å². The third-order valence-corrected chi connectivity index (χ3v) is 5.98. The van der Waals surface area contributed by atoms with Crippen molar-refractivity contribution in [3.8, 4) is 0 Å². The van der Waals surface area contributed by atoms with Gasteiger partial charge in [0.05, 0.1) is 0 Å². The van der Waals surface area contributed by atoms with Crippen molar-refractivity contribution in [3.63, 3.8) is 0 Å². The summed E-state index contributed by atoms with van der Waals surface area (Å²) < 4.78 is 1.23. The van der Waals surface area contributed by atoms with Crippen molar-refractivity contribution >= 4 is 27.3 Å². The minimum Gasteiger partial charge on any atom is -0.316 e. The Morgan fingerprint density at radius 3 is 2.75 bits per heavy atom. The van der Waals surface area contributed by atoms with Gasteiger partial charge in [-0.05, 0) is 72.5 Å². The van der Waals surface area contributed by atoms with E-state index in [9.17, 15) is 0 Å². The maximum absolute atomic E-state index is 3.53. The number of hydrogen-bond acceptors (Lipinski definition) is 2. The van der Waals surface area contributed by atoms with Gasteiger partial charge in [0.25, 0.3) is 0 Å². The Balaban J connectivity index is 1.62. The van der Waals surface area contributed by atoms with E-state index in [0.717, 1.165) is 17.8 Å². The Kier molecular flexibility index (Phi) is 3.11. The molecule has 1 nitrogen and oxygen atoms in total. The molecule has 0 aliphatic heterocycles. The molecule has 1 aromatic heterocycles. The van der Waals surface area contributed by atoms with Gasteiger partial charge in [-0.1, -0.05) is 0 Å². The predicted octanol–water partition coefficient (Wildman–Crippen LogP) is 3.69. The maximum Gasteiger partial charge on any atom is 0.0285 e. The Hall–Kier alpha value is 0.140. The summed E-state index contributed by atoms with van der Waals surface area (Å²) in [6.07, 6.45) is 5.68. The molecule has 3 heteroatoms. The first-order valence-corrected chi connectivity index (χ1v) is 7.83. The van der Waals surface area contributed by atoms with Crippen LogP contribution in [0, 0.1) is 17.8 Å². The maximum atomic E-state index is 3.53. The van der Waals surface area contributed by atoms with Crippen LogP contribution in [0.25, 0.3) is 0 Å². The van der Waals surface area contributed by atoms with Crippen LogP contribution in [0.3, 0.4) is 0 Å². The summed E-state index contributed by atoms with van der Waals surface area (Å²) in [6, 6.07) is 2.96. The Bertz CT molecular complexity index is 366. The summed E-state index contributed by atoms with van der Waals surface area (Å²) in [7, 11) is 2.12. The molecule has 88 valence electrons. The van der Waals surface area contributed by atoms with Crippen LogP contribution in [-0.4, -0.2) is 13.1 Å². The van der Waals surface area contributed by atoms with Gasteiger partial charge in [0.15, 0.2) is 0 Å². The molecule has 2 saturated carbocycles. The number of likely N-dealkylation sites (N-methyl/N-ethyl adjacent to an activating group) is 1. The largest absolute Gasteiger partial charge is 0.316 e. The van der Waals surface area contributed by atoms with E-state index in [1.54, 1.807) is 0 Å². The van der Waals surface area contributed by atoms with E-state index in [0.29, 0.717) is 6.04 Å². The molecule has 3 atom stereocenters.